The monoisotopic (exact) mass is 410 g/mol. The van der Waals surface area contributed by atoms with Gasteiger partial charge in [-0.2, -0.15) is 0 Å². The summed E-state index contributed by atoms with van der Waals surface area (Å²) in [6.45, 7) is 8.78. The van der Waals surface area contributed by atoms with Crippen molar-refractivity contribution in [3.63, 3.8) is 0 Å². The maximum absolute atomic E-state index is 12.3. The van der Waals surface area contributed by atoms with Crippen LogP contribution in [-0.4, -0.2) is 44.8 Å². The number of ether oxygens (including phenoxy) is 1. The summed E-state index contributed by atoms with van der Waals surface area (Å²) in [7, 11) is 1.67. The highest BCUT2D eigenvalue weighted by molar-refractivity contribution is 5.96. The second-order valence-corrected chi connectivity index (χ2v) is 8.48. The van der Waals surface area contributed by atoms with Crippen LogP contribution in [0.1, 0.15) is 44.3 Å². The van der Waals surface area contributed by atoms with Gasteiger partial charge in [-0.3, -0.25) is 9.78 Å². The number of allylic oxidation sites excluding steroid dienone is 3. The van der Waals surface area contributed by atoms with Gasteiger partial charge in [-0.1, -0.05) is 26.8 Å². The number of aryl methyl sites for hydroxylation is 1. The van der Waals surface area contributed by atoms with E-state index in [-0.39, 0.29) is 5.92 Å². The predicted molar refractivity (Wildman–Crippen MR) is 114 cm³/mol. The van der Waals surface area contributed by atoms with E-state index < -0.39 is 11.4 Å². The Morgan fingerprint density at radius 2 is 2.10 bits per heavy atom. The normalized spacial score (nSPS) is 20.1. The van der Waals surface area contributed by atoms with Gasteiger partial charge in [0.15, 0.2) is 5.82 Å². The molecular formula is C22H30N6O2. The highest BCUT2D eigenvalue weighted by Gasteiger charge is 2.43. The molecule has 0 aliphatic heterocycles. The zero-order chi connectivity index (χ0) is 21.9. The molecule has 2 aromatic rings. The third kappa shape index (κ3) is 4.33. The molecule has 8 nitrogen and oxygen atoms in total. The van der Waals surface area contributed by atoms with Crippen molar-refractivity contribution in [3.8, 4) is 0 Å². The van der Waals surface area contributed by atoms with E-state index in [0.717, 1.165) is 29.1 Å². The lowest BCUT2D eigenvalue weighted by Gasteiger charge is -2.40. The molecule has 1 amide bonds. The van der Waals surface area contributed by atoms with Crippen LogP contribution >= 0.6 is 0 Å². The van der Waals surface area contributed by atoms with E-state index in [2.05, 4.69) is 47.4 Å². The Morgan fingerprint density at radius 1 is 1.33 bits per heavy atom. The molecule has 2 aromatic heterocycles. The Kier molecular flexibility index (Phi) is 6.45. The lowest BCUT2D eigenvalue weighted by molar-refractivity contribution is -0.115. The molecule has 2 atom stereocenters. The summed E-state index contributed by atoms with van der Waals surface area (Å²) in [4.78, 5) is 16.9. The topological polar surface area (TPSA) is 109 Å². The standard InChI is InChI=1S/C22H30N6O2/c1-14(2)8-20-25-26-27-28(20)22(16(4)13-30-5)10-17(9-18(11-22)21(23)29)19-7-6-15(3)12-24-19/h6-7,9-10,12,14,16H,8,11,13H2,1-5H3,(H2,23,29)/t16-,22?/m0/s1. The summed E-state index contributed by atoms with van der Waals surface area (Å²) >= 11 is 0. The number of nitrogens with two attached hydrogens (primary N) is 1. The first-order chi connectivity index (χ1) is 14.3. The molecule has 0 saturated heterocycles. The number of primary amides is 1. The van der Waals surface area contributed by atoms with Crippen molar-refractivity contribution >= 4 is 11.5 Å². The van der Waals surface area contributed by atoms with Crippen LogP contribution in [0.15, 0.2) is 36.1 Å². The maximum Gasteiger partial charge on any atom is 0.244 e. The van der Waals surface area contributed by atoms with Crippen LogP contribution in [0.25, 0.3) is 5.57 Å². The summed E-state index contributed by atoms with van der Waals surface area (Å²) in [5, 5.41) is 12.6. The van der Waals surface area contributed by atoms with Gasteiger partial charge in [0.25, 0.3) is 0 Å². The van der Waals surface area contributed by atoms with Crippen LogP contribution < -0.4 is 5.73 Å². The fraction of sp³-hybridized carbons (Fsp3) is 0.500. The zero-order valence-electron chi connectivity index (χ0n) is 18.3. The van der Waals surface area contributed by atoms with Crippen LogP contribution in [-0.2, 0) is 21.5 Å². The van der Waals surface area contributed by atoms with Gasteiger partial charge in [0, 0.05) is 37.6 Å². The van der Waals surface area contributed by atoms with Crippen molar-refractivity contribution in [2.24, 2.45) is 17.6 Å². The molecule has 0 radical (unpaired) electrons. The van der Waals surface area contributed by atoms with E-state index in [4.69, 9.17) is 10.5 Å². The average Bonchev–Trinajstić information content (AvgIpc) is 3.16. The smallest absolute Gasteiger partial charge is 0.244 e. The largest absolute Gasteiger partial charge is 0.384 e. The van der Waals surface area contributed by atoms with Gasteiger partial charge in [-0.15, -0.1) is 5.10 Å². The molecule has 1 aliphatic rings. The van der Waals surface area contributed by atoms with E-state index in [1.54, 1.807) is 7.11 Å². The summed E-state index contributed by atoms with van der Waals surface area (Å²) in [5.74, 6) is 0.660. The predicted octanol–water partition coefficient (Wildman–Crippen LogP) is 2.45. The first-order valence-corrected chi connectivity index (χ1v) is 10.2. The summed E-state index contributed by atoms with van der Waals surface area (Å²) < 4.78 is 7.34. The minimum Gasteiger partial charge on any atom is -0.384 e. The Hall–Kier alpha value is -2.87. The number of tetrazole rings is 1. The van der Waals surface area contributed by atoms with Crippen LogP contribution in [0.4, 0.5) is 0 Å². The first kappa shape index (κ1) is 21.8. The Bertz CT molecular complexity index is 960. The second kappa shape index (κ2) is 8.87. The molecule has 3 rings (SSSR count). The molecule has 2 N–H and O–H groups in total. The van der Waals surface area contributed by atoms with Gasteiger partial charge in [-0.25, -0.2) is 4.68 Å². The van der Waals surface area contributed by atoms with Crippen LogP contribution in [0.5, 0.6) is 0 Å². The van der Waals surface area contributed by atoms with E-state index in [0.29, 0.717) is 24.5 Å². The number of hydrogen-bond acceptors (Lipinski definition) is 6. The number of nitrogens with zero attached hydrogens (tertiary/aromatic N) is 5. The number of methoxy groups -OCH3 is 1. The molecule has 1 unspecified atom stereocenters. The van der Waals surface area contributed by atoms with Crippen molar-refractivity contribution in [1.29, 1.82) is 0 Å². The average molecular weight is 411 g/mol. The van der Waals surface area contributed by atoms with E-state index >= 15 is 0 Å². The van der Waals surface area contributed by atoms with Gasteiger partial charge >= 0.3 is 0 Å². The Balaban J connectivity index is 2.22. The maximum atomic E-state index is 12.3. The molecule has 0 fully saturated rings. The van der Waals surface area contributed by atoms with Crippen molar-refractivity contribution in [2.75, 3.05) is 13.7 Å². The number of rotatable bonds is 8. The van der Waals surface area contributed by atoms with Crippen molar-refractivity contribution < 1.29 is 9.53 Å². The lowest BCUT2D eigenvalue weighted by atomic mass is 9.74. The SMILES string of the molecule is COC[C@H](C)C1(n2nnnc2CC(C)C)C=C(c2ccc(C)cn2)C=C(C(N)=O)C1. The molecule has 8 heteroatoms. The third-order valence-corrected chi connectivity index (χ3v) is 5.52. The van der Waals surface area contributed by atoms with Crippen LogP contribution in [0, 0.1) is 18.8 Å². The number of aromatic nitrogens is 5. The highest BCUT2D eigenvalue weighted by Crippen LogP contribution is 2.42. The van der Waals surface area contributed by atoms with E-state index in [9.17, 15) is 4.79 Å². The van der Waals surface area contributed by atoms with Gasteiger partial charge in [0.1, 0.15) is 0 Å². The Morgan fingerprint density at radius 3 is 2.70 bits per heavy atom. The summed E-state index contributed by atoms with van der Waals surface area (Å²) in [6, 6.07) is 3.94. The highest BCUT2D eigenvalue weighted by atomic mass is 16.5. The quantitative estimate of drug-likeness (QED) is 0.716. The molecule has 0 saturated carbocycles. The van der Waals surface area contributed by atoms with E-state index in [1.807, 2.05) is 36.0 Å². The molecule has 160 valence electrons. The molecule has 2 heterocycles. The number of pyridine rings is 1. The van der Waals surface area contributed by atoms with Crippen molar-refractivity contribution in [3.05, 3.63) is 53.1 Å². The molecular weight excluding hydrogens is 380 g/mol. The van der Waals surface area contributed by atoms with Crippen molar-refractivity contribution in [2.45, 2.75) is 46.1 Å². The fourth-order valence-electron chi connectivity index (χ4n) is 3.93. The zero-order valence-corrected chi connectivity index (χ0v) is 18.3. The van der Waals surface area contributed by atoms with Crippen molar-refractivity contribution in [1.82, 2.24) is 25.2 Å². The second-order valence-electron chi connectivity index (χ2n) is 8.48. The Labute approximate surface area is 177 Å². The van der Waals surface area contributed by atoms with Gasteiger partial charge < -0.3 is 10.5 Å². The fourth-order valence-corrected chi connectivity index (χ4v) is 3.93. The number of carbonyl (C=O) groups excluding carboxylic acids is 1. The van der Waals surface area contributed by atoms with Crippen LogP contribution in [0.3, 0.4) is 0 Å². The number of hydrogen-bond donors (Lipinski definition) is 1. The van der Waals surface area contributed by atoms with E-state index in [1.165, 1.54) is 0 Å². The van der Waals surface area contributed by atoms with Gasteiger partial charge in [0.2, 0.25) is 5.91 Å². The molecule has 1 aliphatic carbocycles. The summed E-state index contributed by atoms with van der Waals surface area (Å²) in [5.41, 5.74) is 8.22. The lowest BCUT2D eigenvalue weighted by Crippen LogP contribution is -2.45. The van der Waals surface area contributed by atoms with Crippen LogP contribution in [0.2, 0.25) is 0 Å². The molecule has 0 aromatic carbocycles. The molecule has 0 spiro atoms. The van der Waals surface area contributed by atoms with Gasteiger partial charge in [-0.05, 0) is 52.6 Å². The summed E-state index contributed by atoms with van der Waals surface area (Å²) in [6.07, 6.45) is 6.85. The molecule has 30 heavy (non-hydrogen) atoms. The minimum atomic E-state index is -0.704. The minimum absolute atomic E-state index is 0.0274. The first-order valence-electron chi connectivity index (χ1n) is 10.2. The molecule has 0 bridgehead atoms. The third-order valence-electron chi connectivity index (χ3n) is 5.52. The van der Waals surface area contributed by atoms with Gasteiger partial charge in [0.05, 0.1) is 17.8 Å². The number of carbonyl (C=O) groups is 1. The number of amides is 1.